The van der Waals surface area contributed by atoms with Gasteiger partial charge < -0.3 is 29.9 Å². The highest BCUT2D eigenvalue weighted by molar-refractivity contribution is 6.23. The largest absolute Gasteiger partial charge is 0.508 e. The van der Waals surface area contributed by atoms with E-state index < -0.39 is 68.7 Å². The number of esters is 1. The van der Waals surface area contributed by atoms with Crippen molar-refractivity contribution in [1.82, 2.24) is 0 Å². The molecule has 2 aromatic carbocycles. The van der Waals surface area contributed by atoms with E-state index in [2.05, 4.69) is 34.6 Å². The second-order valence-corrected chi connectivity index (χ2v) is 36.4. The molecule has 1 aliphatic heterocycles. The maximum absolute atomic E-state index is 17.4. The monoisotopic (exact) mass is 1620 g/mol. The van der Waals surface area contributed by atoms with Crippen LogP contribution in [0.4, 0.5) is 0 Å². The Morgan fingerprint density at radius 1 is 0.259 bits per heavy atom. The first-order valence-electron chi connectivity index (χ1n) is 50.9. The smallest absolute Gasteiger partial charge is 0.307 e. The van der Waals surface area contributed by atoms with Gasteiger partial charge in [-0.2, -0.15) is 0 Å². The van der Waals surface area contributed by atoms with Crippen molar-refractivity contribution in [3.63, 3.8) is 0 Å². The van der Waals surface area contributed by atoms with Crippen molar-refractivity contribution in [2.45, 2.75) is 565 Å². The molecular formula is C105H184O11. The predicted octanol–water partition coefficient (Wildman–Crippen LogP) is 32.9. The zero-order valence-electron chi connectivity index (χ0n) is 76.6. The zero-order chi connectivity index (χ0) is 83.9. The van der Waals surface area contributed by atoms with Gasteiger partial charge >= 0.3 is 5.97 Å². The van der Waals surface area contributed by atoms with Crippen LogP contribution < -0.4 is 4.74 Å². The van der Waals surface area contributed by atoms with E-state index in [1.807, 2.05) is 0 Å². The number of hydrogen-bond acceptors (Lipinski definition) is 11. The summed E-state index contributed by atoms with van der Waals surface area (Å²) in [4.78, 5) is 85.0. The predicted molar refractivity (Wildman–Crippen MR) is 490 cm³/mol. The van der Waals surface area contributed by atoms with Crippen LogP contribution in [0.15, 0.2) is 30.3 Å². The van der Waals surface area contributed by atoms with E-state index in [0.717, 1.165) is 141 Å². The second kappa shape index (κ2) is 71.2. The number of carbonyl (C=O) groups excluding carboxylic acids is 5. The van der Waals surface area contributed by atoms with E-state index in [9.17, 15) is 20.4 Å². The van der Waals surface area contributed by atoms with Crippen molar-refractivity contribution < 1.29 is 53.9 Å². The van der Waals surface area contributed by atoms with E-state index in [4.69, 9.17) is 9.47 Å². The number of benzene rings is 2. The van der Waals surface area contributed by atoms with E-state index >= 15 is 24.0 Å². The number of carbonyl (C=O) groups is 5. The number of ketones is 4. The third-order valence-electron chi connectivity index (χ3n) is 26.0. The number of phenolic OH excluding ortho intramolecular Hbond substituents is 4. The molecule has 1 aliphatic rings. The molecule has 0 saturated carbocycles. The summed E-state index contributed by atoms with van der Waals surface area (Å²) in [6.45, 7) is 11.3. The minimum Gasteiger partial charge on any atom is -0.508 e. The van der Waals surface area contributed by atoms with Crippen molar-refractivity contribution in [2.24, 2.45) is 0 Å². The van der Waals surface area contributed by atoms with Gasteiger partial charge in [-0.15, -0.1) is 0 Å². The zero-order valence-corrected chi connectivity index (χ0v) is 76.6. The maximum Gasteiger partial charge on any atom is 0.307 e. The lowest BCUT2D eigenvalue weighted by molar-refractivity contribution is -0.221. The fourth-order valence-corrected chi connectivity index (χ4v) is 18.8. The van der Waals surface area contributed by atoms with Gasteiger partial charge in [-0.05, 0) is 44.2 Å². The highest BCUT2D eigenvalue weighted by Gasteiger charge is 2.82. The number of ether oxygens (including phenoxy) is 2. The standard InChI is InChI=1S/C105H184O11/c1-6-11-16-21-26-31-36-41-46-51-56-61-66-71-76-81-97(110)103(98(111)82-77-72-67-62-57-52-47-42-37-32-27-22-17-12-7-2)102-95(109)89-92(106)90-96(102)115-104(91-86-87-93(107)94(108)88-91,99(112)83-78-73-68-63-58-53-48-43-38-33-28-23-18-13-8-3)105(103,100(113)84-79-74-69-64-59-54-49-44-39-34-29-24-19-14-9-4)116-101(114)85-80-75-70-65-60-55-50-45-40-35-30-25-20-15-10-5/h86-90,106-109H,6-85H2,1-5H3. The molecule has 11 heteroatoms. The molecule has 0 spiro atoms. The van der Waals surface area contributed by atoms with Crippen LogP contribution in [0.3, 0.4) is 0 Å². The molecule has 0 radical (unpaired) electrons. The Balaban J connectivity index is 2.26. The van der Waals surface area contributed by atoms with Crippen LogP contribution >= 0.6 is 0 Å². The Bertz CT molecular complexity index is 2690. The molecule has 2 unspecified atom stereocenters. The summed E-state index contributed by atoms with van der Waals surface area (Å²) in [6.07, 6.45) is 81.0. The molecule has 2 aromatic rings. The van der Waals surface area contributed by atoms with Crippen LogP contribution in [0.2, 0.25) is 0 Å². The average Bonchev–Trinajstić information content (AvgIpc) is 0.656. The summed E-state index contributed by atoms with van der Waals surface area (Å²) in [5, 5.41) is 47.9. The summed E-state index contributed by atoms with van der Waals surface area (Å²) in [6, 6.07) is 6.03. The van der Waals surface area contributed by atoms with Crippen LogP contribution in [0, 0.1) is 0 Å². The quantitative estimate of drug-likeness (QED) is 0.0214. The summed E-state index contributed by atoms with van der Waals surface area (Å²) in [5.41, 5.74) is -9.48. The number of unbranched alkanes of at least 4 members (excludes halogenated alkanes) is 70. The van der Waals surface area contributed by atoms with E-state index in [0.29, 0.717) is 57.8 Å². The molecule has 0 aliphatic carbocycles. The molecule has 0 bridgehead atoms. The lowest BCUT2D eigenvalue weighted by atomic mass is 9.49. The van der Waals surface area contributed by atoms with Crippen LogP contribution in [0.1, 0.15) is 559 Å². The van der Waals surface area contributed by atoms with Crippen molar-refractivity contribution >= 4 is 29.1 Å². The first kappa shape index (κ1) is 106. The van der Waals surface area contributed by atoms with Crippen molar-refractivity contribution in [3.8, 4) is 28.7 Å². The topological polar surface area (TPSA) is 185 Å². The number of hydrogen-bond donors (Lipinski definition) is 4. The highest BCUT2D eigenvalue weighted by atomic mass is 16.6. The SMILES string of the molecule is CCCCCCCCCCCCCCCCCC(=O)OC1(C(=O)CCCCCCCCCCCCCCCCC)C(C(=O)CCCCCCCCCCCCCCCCC)(c2ccc(O)c(O)c2)Oc2cc(O)cc(O)c2C1(C(=O)CCCCCCCCCCCCCCCCC)C(=O)CCCCCCCCCCCCCCCCC. The molecular weight excluding hydrogens is 1440 g/mol. The van der Waals surface area contributed by atoms with Gasteiger partial charge in [-0.25, -0.2) is 0 Å². The third-order valence-corrected chi connectivity index (χ3v) is 26.0. The molecule has 116 heavy (non-hydrogen) atoms. The molecule has 0 saturated heterocycles. The fourth-order valence-electron chi connectivity index (χ4n) is 18.8. The maximum atomic E-state index is 17.4. The Labute approximate surface area is 714 Å². The molecule has 1 heterocycles. The summed E-state index contributed by atoms with van der Waals surface area (Å²) in [7, 11) is 0. The number of phenols is 4. The van der Waals surface area contributed by atoms with Crippen molar-refractivity contribution in [1.29, 1.82) is 0 Å². The second-order valence-electron chi connectivity index (χ2n) is 36.4. The Hall–Kier alpha value is -4.41. The molecule has 670 valence electrons. The number of Topliss-reactive ketones (excluding diaryl/α,β-unsaturated/α-hetero) is 4. The summed E-state index contributed by atoms with van der Waals surface area (Å²) < 4.78 is 14.6. The first-order chi connectivity index (χ1) is 56.8. The number of fused-ring (bicyclic) bond motifs is 1. The van der Waals surface area contributed by atoms with Crippen LogP contribution in [0.5, 0.6) is 28.7 Å². The lowest BCUT2D eigenvalue weighted by Gasteiger charge is -2.58. The van der Waals surface area contributed by atoms with Crippen molar-refractivity contribution in [3.05, 3.63) is 41.5 Å². The summed E-state index contributed by atoms with van der Waals surface area (Å²) in [5.74, 6) is -6.63. The van der Waals surface area contributed by atoms with Gasteiger partial charge in [0, 0.05) is 49.8 Å². The fraction of sp³-hybridized carbons (Fsp3) is 0.838. The van der Waals surface area contributed by atoms with Gasteiger partial charge in [0.05, 0.1) is 5.56 Å². The van der Waals surface area contributed by atoms with Gasteiger partial charge in [-0.1, -0.05) is 490 Å². The van der Waals surface area contributed by atoms with E-state index in [1.165, 1.54) is 307 Å². The van der Waals surface area contributed by atoms with Gasteiger partial charge in [0.25, 0.3) is 0 Å². The minimum absolute atomic E-state index is 0.180. The lowest BCUT2D eigenvalue weighted by Crippen LogP contribution is -2.80. The Kier molecular flexibility index (Phi) is 64.9. The molecule has 0 amide bonds. The molecule has 2 atom stereocenters. The van der Waals surface area contributed by atoms with E-state index in [1.54, 1.807) is 0 Å². The van der Waals surface area contributed by atoms with Gasteiger partial charge in [0.15, 0.2) is 40.0 Å². The number of aromatic hydroxyl groups is 4. The minimum atomic E-state index is -3.14. The Morgan fingerprint density at radius 3 is 0.750 bits per heavy atom. The van der Waals surface area contributed by atoms with Crippen molar-refractivity contribution in [2.75, 3.05) is 0 Å². The third kappa shape index (κ3) is 42.9. The van der Waals surface area contributed by atoms with Crippen LogP contribution in [0.25, 0.3) is 0 Å². The first-order valence-corrected chi connectivity index (χ1v) is 50.9. The van der Waals surface area contributed by atoms with Crippen LogP contribution in [-0.2, 0) is 39.7 Å². The molecule has 0 aromatic heterocycles. The Morgan fingerprint density at radius 2 is 0.491 bits per heavy atom. The van der Waals surface area contributed by atoms with Gasteiger partial charge in [0.1, 0.15) is 17.2 Å². The average molecular weight is 1620 g/mol. The molecule has 3 rings (SSSR count). The molecule has 11 nitrogen and oxygen atoms in total. The van der Waals surface area contributed by atoms with Gasteiger partial charge in [0.2, 0.25) is 11.2 Å². The van der Waals surface area contributed by atoms with E-state index in [-0.39, 0.29) is 55.4 Å². The summed E-state index contributed by atoms with van der Waals surface area (Å²) >= 11 is 0. The molecule has 0 fully saturated rings. The van der Waals surface area contributed by atoms with Gasteiger partial charge in [-0.3, -0.25) is 24.0 Å². The molecule has 4 N–H and O–H groups in total. The highest BCUT2D eigenvalue weighted by Crippen LogP contribution is 2.64. The normalized spacial score (nSPS) is 15.1. The van der Waals surface area contributed by atoms with Crippen LogP contribution in [-0.4, -0.2) is 55.1 Å². The number of rotatable bonds is 86.